The van der Waals surface area contributed by atoms with E-state index in [4.69, 9.17) is 21.4 Å². The van der Waals surface area contributed by atoms with Crippen LogP contribution in [0.3, 0.4) is 0 Å². The second-order valence-electron chi connectivity index (χ2n) is 3.49. The van der Waals surface area contributed by atoms with Gasteiger partial charge in [-0.05, 0) is 36.8 Å². The Balaban J connectivity index is 3.08. The minimum atomic E-state index is -1.00. The fraction of sp³-hybridized carbons (Fsp3) is 0.154. The van der Waals surface area contributed by atoms with E-state index in [-0.39, 0.29) is 0 Å². The van der Waals surface area contributed by atoms with Crippen molar-refractivity contribution in [1.29, 1.82) is 0 Å². The number of carboxylic acids is 1. The Hall–Kier alpha value is -1.26. The molecule has 0 aromatic heterocycles. The molecular formula is C13H12BrClO3. The zero-order valence-electron chi connectivity index (χ0n) is 9.69. The van der Waals surface area contributed by atoms with Gasteiger partial charge in [-0.2, -0.15) is 0 Å². The van der Waals surface area contributed by atoms with E-state index in [9.17, 15) is 4.79 Å². The Kier molecular flexibility index (Phi) is 5.95. The third kappa shape index (κ3) is 4.55. The monoisotopic (exact) mass is 330 g/mol. The van der Waals surface area contributed by atoms with E-state index >= 15 is 0 Å². The molecule has 0 heterocycles. The molecule has 18 heavy (non-hydrogen) atoms. The maximum atomic E-state index is 10.5. The molecule has 0 spiro atoms. The Morgan fingerprint density at radius 1 is 1.56 bits per heavy atom. The van der Waals surface area contributed by atoms with Crippen LogP contribution in [0.4, 0.5) is 0 Å². The molecule has 1 aromatic rings. The number of aliphatic carboxylic acids is 1. The van der Waals surface area contributed by atoms with Crippen molar-refractivity contribution in [1.82, 2.24) is 0 Å². The average Bonchev–Trinajstić information content (AvgIpc) is 2.29. The Morgan fingerprint density at radius 2 is 2.28 bits per heavy atom. The van der Waals surface area contributed by atoms with Crippen molar-refractivity contribution in [3.05, 3.63) is 45.4 Å². The predicted molar refractivity (Wildman–Crippen MR) is 76.0 cm³/mol. The molecule has 0 atom stereocenters. The van der Waals surface area contributed by atoms with Gasteiger partial charge in [-0.15, -0.1) is 0 Å². The van der Waals surface area contributed by atoms with Gasteiger partial charge in [0.1, 0.15) is 12.4 Å². The molecule has 0 radical (unpaired) electrons. The summed E-state index contributed by atoms with van der Waals surface area (Å²) in [7, 11) is 0. The topological polar surface area (TPSA) is 46.5 Å². The smallest absolute Gasteiger partial charge is 0.328 e. The van der Waals surface area contributed by atoms with E-state index in [1.165, 1.54) is 11.6 Å². The number of aryl methyl sites for hydroxylation is 1. The van der Waals surface area contributed by atoms with Crippen LogP contribution in [0.25, 0.3) is 6.08 Å². The number of rotatable bonds is 5. The van der Waals surface area contributed by atoms with Crippen LogP contribution in [-0.2, 0) is 4.79 Å². The number of halogens is 2. The lowest BCUT2D eigenvalue weighted by Gasteiger charge is -2.11. The second-order valence-corrected chi connectivity index (χ2v) is 4.65. The number of benzene rings is 1. The summed E-state index contributed by atoms with van der Waals surface area (Å²) in [5.74, 6) is -0.357. The molecule has 0 fully saturated rings. The molecule has 3 nitrogen and oxygen atoms in total. The van der Waals surface area contributed by atoms with Gasteiger partial charge in [-0.3, -0.25) is 0 Å². The first-order chi connectivity index (χ1) is 8.54. The van der Waals surface area contributed by atoms with Crippen molar-refractivity contribution >= 4 is 39.6 Å². The van der Waals surface area contributed by atoms with Crippen molar-refractivity contribution in [2.45, 2.75) is 6.92 Å². The summed E-state index contributed by atoms with van der Waals surface area (Å²) in [5.41, 5.74) is 2.99. The van der Waals surface area contributed by atoms with Gasteiger partial charge < -0.3 is 9.84 Å². The average molecular weight is 332 g/mol. The fourth-order valence-electron chi connectivity index (χ4n) is 1.41. The number of carboxylic acid groups (broad SMARTS) is 1. The highest BCUT2D eigenvalue weighted by Crippen LogP contribution is 2.29. The van der Waals surface area contributed by atoms with Gasteiger partial charge in [-0.25, -0.2) is 4.79 Å². The minimum Gasteiger partial charge on any atom is -0.489 e. The lowest BCUT2D eigenvalue weighted by Crippen LogP contribution is -1.98. The predicted octanol–water partition coefficient (Wildman–Crippen LogP) is 3.99. The molecule has 0 amide bonds. The molecule has 0 saturated heterocycles. The van der Waals surface area contributed by atoms with Crippen molar-refractivity contribution in [3.8, 4) is 5.75 Å². The lowest BCUT2D eigenvalue weighted by molar-refractivity contribution is -0.131. The molecule has 0 aliphatic carbocycles. The molecule has 1 aromatic carbocycles. The van der Waals surface area contributed by atoms with Crippen LogP contribution in [0.1, 0.15) is 11.1 Å². The van der Waals surface area contributed by atoms with E-state index < -0.39 is 5.97 Å². The molecule has 0 unspecified atom stereocenters. The number of hydrogen-bond acceptors (Lipinski definition) is 2. The zero-order valence-corrected chi connectivity index (χ0v) is 12.0. The van der Waals surface area contributed by atoms with Crippen LogP contribution in [-0.4, -0.2) is 17.7 Å². The van der Waals surface area contributed by atoms with Gasteiger partial charge in [-0.1, -0.05) is 27.5 Å². The summed E-state index contributed by atoms with van der Waals surface area (Å²) in [4.78, 5) is 10.5. The number of carbonyl (C=O) groups is 1. The normalized spacial score (nSPS) is 11.3. The first kappa shape index (κ1) is 14.8. The fourth-order valence-corrected chi connectivity index (χ4v) is 2.07. The summed E-state index contributed by atoms with van der Waals surface area (Å²) in [6, 6.07) is 3.70. The molecule has 1 N–H and O–H groups in total. The molecule has 1 rings (SSSR count). The SMILES string of the molecule is Cc1cc(Br)cc(/C=C/C(=O)O)c1OC/C=C/Cl. The van der Waals surface area contributed by atoms with Gasteiger partial charge in [0, 0.05) is 21.6 Å². The molecular weight excluding hydrogens is 319 g/mol. The van der Waals surface area contributed by atoms with Crippen molar-refractivity contribution < 1.29 is 14.6 Å². The largest absolute Gasteiger partial charge is 0.489 e. The first-order valence-corrected chi connectivity index (χ1v) is 6.36. The standard InChI is InChI=1S/C13H12BrClO3/c1-9-7-11(14)8-10(3-4-12(16)17)13(9)18-6-2-5-15/h2-5,7-8H,6H2,1H3,(H,16,17)/b4-3+,5-2+. The third-order valence-corrected chi connectivity index (χ3v) is 2.72. The third-order valence-electron chi connectivity index (χ3n) is 2.09. The van der Waals surface area contributed by atoms with E-state index in [2.05, 4.69) is 15.9 Å². The van der Waals surface area contributed by atoms with E-state index in [1.54, 1.807) is 12.1 Å². The van der Waals surface area contributed by atoms with Crippen molar-refractivity contribution in [3.63, 3.8) is 0 Å². The molecule has 0 aliphatic heterocycles. The molecule has 0 bridgehead atoms. The second kappa shape index (κ2) is 7.24. The van der Waals surface area contributed by atoms with Crippen LogP contribution >= 0.6 is 27.5 Å². The maximum Gasteiger partial charge on any atom is 0.328 e. The summed E-state index contributed by atoms with van der Waals surface area (Å²) in [6.45, 7) is 2.22. The van der Waals surface area contributed by atoms with Crippen LogP contribution in [0.15, 0.2) is 34.3 Å². The summed E-state index contributed by atoms with van der Waals surface area (Å²) < 4.78 is 6.43. The van der Waals surface area contributed by atoms with Gasteiger partial charge in [0.2, 0.25) is 0 Å². The summed E-state index contributed by atoms with van der Waals surface area (Å²) in [6.07, 6.45) is 4.24. The Labute approximate surface area is 119 Å². The lowest BCUT2D eigenvalue weighted by atomic mass is 10.1. The highest BCUT2D eigenvalue weighted by atomic mass is 79.9. The van der Waals surface area contributed by atoms with E-state index in [0.29, 0.717) is 17.9 Å². The maximum absolute atomic E-state index is 10.5. The van der Waals surface area contributed by atoms with Gasteiger partial charge in [0.05, 0.1) is 0 Å². The highest BCUT2D eigenvalue weighted by Gasteiger charge is 2.07. The van der Waals surface area contributed by atoms with Crippen LogP contribution in [0, 0.1) is 6.92 Å². The van der Waals surface area contributed by atoms with E-state index in [1.807, 2.05) is 13.0 Å². The summed E-state index contributed by atoms with van der Waals surface area (Å²) in [5, 5.41) is 8.65. The van der Waals surface area contributed by atoms with Gasteiger partial charge in [0.25, 0.3) is 0 Å². The van der Waals surface area contributed by atoms with Crippen LogP contribution in [0.2, 0.25) is 0 Å². The Bertz CT molecular complexity index is 495. The molecule has 0 saturated carbocycles. The van der Waals surface area contributed by atoms with Gasteiger partial charge in [0.15, 0.2) is 0 Å². The van der Waals surface area contributed by atoms with E-state index in [0.717, 1.165) is 16.1 Å². The van der Waals surface area contributed by atoms with Gasteiger partial charge >= 0.3 is 5.97 Å². The summed E-state index contributed by atoms with van der Waals surface area (Å²) >= 11 is 8.78. The van der Waals surface area contributed by atoms with Crippen LogP contribution < -0.4 is 4.74 Å². The van der Waals surface area contributed by atoms with Crippen LogP contribution in [0.5, 0.6) is 5.75 Å². The highest BCUT2D eigenvalue weighted by molar-refractivity contribution is 9.10. The van der Waals surface area contributed by atoms with Crippen molar-refractivity contribution in [2.75, 3.05) is 6.61 Å². The number of ether oxygens (including phenoxy) is 1. The zero-order chi connectivity index (χ0) is 13.5. The number of hydrogen-bond donors (Lipinski definition) is 1. The van der Waals surface area contributed by atoms with Crippen molar-refractivity contribution in [2.24, 2.45) is 0 Å². The molecule has 96 valence electrons. The quantitative estimate of drug-likeness (QED) is 0.830. The first-order valence-electron chi connectivity index (χ1n) is 5.13. The molecule has 0 aliphatic rings. The Morgan fingerprint density at radius 3 is 2.89 bits per heavy atom. The minimum absolute atomic E-state index is 0.333. The molecule has 5 heteroatoms.